The minimum absolute atomic E-state index is 0.0660. The lowest BCUT2D eigenvalue weighted by Gasteiger charge is -2.10. The first-order chi connectivity index (χ1) is 12.2. The van der Waals surface area contributed by atoms with E-state index >= 15 is 0 Å². The van der Waals surface area contributed by atoms with Gasteiger partial charge in [0.1, 0.15) is 0 Å². The predicted molar refractivity (Wildman–Crippen MR) is 104 cm³/mol. The Morgan fingerprint density at radius 2 is 2.12 bits per heavy atom. The third-order valence-corrected chi connectivity index (χ3v) is 5.65. The molecule has 3 aromatic rings. The number of benzene rings is 1. The average molecular weight is 373 g/mol. The van der Waals surface area contributed by atoms with Crippen LogP contribution in [0.15, 0.2) is 46.9 Å². The van der Waals surface area contributed by atoms with E-state index in [1.165, 1.54) is 17.3 Å². The number of nitrogens with zero attached hydrogens (tertiary/aromatic N) is 2. The van der Waals surface area contributed by atoms with Gasteiger partial charge in [0.05, 0.1) is 10.6 Å². The number of rotatable bonds is 7. The number of thioether (sulfide) groups is 1. The number of nitrogens with one attached hydrogen (secondary N) is 2. The highest BCUT2D eigenvalue weighted by Crippen LogP contribution is 2.23. The highest BCUT2D eigenvalue weighted by atomic mass is 32.2. The van der Waals surface area contributed by atoms with Gasteiger partial charge in [-0.05, 0) is 41.5 Å². The standard InChI is InChI=1S/C18H20N4OS2/c1-3-12(2)13-6-8-14(9-7-13)19-16(23)11-25-18-20-17(21-22-18)15-5-4-10-24-15/h4-10,12H,3,11H2,1-2H3,(H,19,23)(H,20,21,22). The Balaban J connectivity index is 1.51. The quantitative estimate of drug-likeness (QED) is 0.586. The molecule has 0 spiro atoms. The van der Waals surface area contributed by atoms with Crippen LogP contribution in [0.25, 0.3) is 10.7 Å². The molecule has 5 nitrogen and oxygen atoms in total. The number of hydrogen-bond donors (Lipinski definition) is 2. The molecule has 0 fully saturated rings. The summed E-state index contributed by atoms with van der Waals surface area (Å²) in [6.45, 7) is 4.37. The van der Waals surface area contributed by atoms with Crippen LogP contribution in [0.1, 0.15) is 31.7 Å². The van der Waals surface area contributed by atoms with E-state index in [2.05, 4.69) is 46.5 Å². The molecule has 1 amide bonds. The Morgan fingerprint density at radius 1 is 1.32 bits per heavy atom. The molecule has 0 aliphatic heterocycles. The van der Waals surface area contributed by atoms with E-state index in [4.69, 9.17) is 0 Å². The highest BCUT2D eigenvalue weighted by molar-refractivity contribution is 7.99. The average Bonchev–Trinajstić information content (AvgIpc) is 3.31. The number of H-pyrrole nitrogens is 1. The monoisotopic (exact) mass is 372 g/mol. The topological polar surface area (TPSA) is 70.7 Å². The van der Waals surface area contributed by atoms with Gasteiger partial charge in [-0.25, -0.2) is 4.98 Å². The predicted octanol–water partition coefficient (Wildman–Crippen LogP) is 4.78. The minimum atomic E-state index is -0.0660. The normalized spacial score (nSPS) is 12.1. The smallest absolute Gasteiger partial charge is 0.234 e. The molecule has 1 unspecified atom stereocenters. The molecular formula is C18H20N4OS2. The zero-order chi connectivity index (χ0) is 17.6. The van der Waals surface area contributed by atoms with Crippen molar-refractivity contribution in [1.29, 1.82) is 0 Å². The zero-order valence-corrected chi connectivity index (χ0v) is 15.8. The fraction of sp³-hybridized carbons (Fsp3) is 0.278. The second-order valence-corrected chi connectivity index (χ2v) is 7.60. The van der Waals surface area contributed by atoms with E-state index < -0.39 is 0 Å². The van der Waals surface area contributed by atoms with Gasteiger partial charge >= 0.3 is 0 Å². The Morgan fingerprint density at radius 3 is 2.80 bits per heavy atom. The molecular weight excluding hydrogens is 352 g/mol. The maximum Gasteiger partial charge on any atom is 0.234 e. The molecule has 0 saturated carbocycles. The van der Waals surface area contributed by atoms with Gasteiger partial charge < -0.3 is 5.32 Å². The second-order valence-electron chi connectivity index (χ2n) is 5.71. The fourth-order valence-corrected chi connectivity index (χ4v) is 3.55. The van der Waals surface area contributed by atoms with E-state index in [0.29, 0.717) is 11.1 Å². The van der Waals surface area contributed by atoms with Crippen LogP contribution in [0, 0.1) is 0 Å². The van der Waals surface area contributed by atoms with Crippen molar-refractivity contribution in [3.8, 4) is 10.7 Å². The van der Waals surface area contributed by atoms with Gasteiger partial charge in [-0.2, -0.15) is 0 Å². The van der Waals surface area contributed by atoms with Gasteiger partial charge in [0.15, 0.2) is 5.82 Å². The fourth-order valence-electron chi connectivity index (χ4n) is 2.29. The van der Waals surface area contributed by atoms with Crippen LogP contribution in [0.3, 0.4) is 0 Å². The van der Waals surface area contributed by atoms with E-state index in [9.17, 15) is 4.79 Å². The molecule has 0 saturated heterocycles. The minimum Gasteiger partial charge on any atom is -0.325 e. The summed E-state index contributed by atoms with van der Waals surface area (Å²) in [6, 6.07) is 12.0. The molecule has 7 heteroatoms. The van der Waals surface area contributed by atoms with Gasteiger partial charge in [-0.15, -0.1) is 16.4 Å². The Bertz CT molecular complexity index is 812. The van der Waals surface area contributed by atoms with Crippen LogP contribution < -0.4 is 5.32 Å². The van der Waals surface area contributed by atoms with Crippen molar-refractivity contribution in [2.45, 2.75) is 31.3 Å². The number of thiophene rings is 1. The third-order valence-electron chi connectivity index (χ3n) is 3.93. The molecule has 130 valence electrons. The number of aromatic nitrogens is 3. The Labute approximate surface area is 155 Å². The SMILES string of the molecule is CCC(C)c1ccc(NC(=O)CSc2n[nH]c(-c3cccs3)n2)cc1. The largest absolute Gasteiger partial charge is 0.325 e. The molecule has 1 atom stereocenters. The van der Waals surface area contributed by atoms with Gasteiger partial charge in [0, 0.05) is 5.69 Å². The lowest BCUT2D eigenvalue weighted by atomic mass is 9.99. The summed E-state index contributed by atoms with van der Waals surface area (Å²) >= 11 is 2.91. The van der Waals surface area contributed by atoms with Crippen molar-refractivity contribution in [2.24, 2.45) is 0 Å². The second kappa shape index (κ2) is 8.31. The zero-order valence-electron chi connectivity index (χ0n) is 14.2. The molecule has 0 aliphatic carbocycles. The van der Waals surface area contributed by atoms with Crippen molar-refractivity contribution >= 4 is 34.7 Å². The third kappa shape index (κ3) is 4.70. The maximum atomic E-state index is 12.1. The first kappa shape index (κ1) is 17.7. The molecule has 2 aromatic heterocycles. The van der Waals surface area contributed by atoms with Crippen molar-refractivity contribution in [2.75, 3.05) is 11.1 Å². The first-order valence-corrected chi connectivity index (χ1v) is 10.0. The number of carbonyl (C=O) groups is 1. The van der Waals surface area contributed by atoms with Crippen molar-refractivity contribution in [3.63, 3.8) is 0 Å². The summed E-state index contributed by atoms with van der Waals surface area (Å²) in [5.41, 5.74) is 2.10. The van der Waals surface area contributed by atoms with Crippen LogP contribution in [0.4, 0.5) is 5.69 Å². The van der Waals surface area contributed by atoms with Crippen LogP contribution in [-0.2, 0) is 4.79 Å². The molecule has 1 aromatic carbocycles. The number of aromatic amines is 1. The Kier molecular flexibility index (Phi) is 5.88. The summed E-state index contributed by atoms with van der Waals surface area (Å²) in [7, 11) is 0. The molecule has 2 N–H and O–H groups in total. The summed E-state index contributed by atoms with van der Waals surface area (Å²) < 4.78 is 0. The van der Waals surface area contributed by atoms with Crippen molar-refractivity contribution in [3.05, 3.63) is 47.3 Å². The number of carbonyl (C=O) groups excluding carboxylic acids is 1. The van der Waals surface area contributed by atoms with E-state index in [0.717, 1.165) is 22.8 Å². The van der Waals surface area contributed by atoms with Crippen molar-refractivity contribution < 1.29 is 4.79 Å². The maximum absolute atomic E-state index is 12.1. The van der Waals surface area contributed by atoms with Gasteiger partial charge in [0.25, 0.3) is 0 Å². The lowest BCUT2D eigenvalue weighted by Crippen LogP contribution is -2.14. The molecule has 3 rings (SSSR count). The van der Waals surface area contributed by atoms with Crippen LogP contribution >= 0.6 is 23.1 Å². The van der Waals surface area contributed by atoms with Crippen LogP contribution in [0.5, 0.6) is 0 Å². The number of hydrogen-bond acceptors (Lipinski definition) is 5. The number of anilines is 1. The summed E-state index contributed by atoms with van der Waals surface area (Å²) in [5.74, 6) is 1.47. The molecule has 0 bridgehead atoms. The molecule has 0 radical (unpaired) electrons. The summed E-state index contributed by atoms with van der Waals surface area (Å²) in [5, 5.41) is 12.5. The van der Waals surface area contributed by atoms with Gasteiger partial charge in [-0.1, -0.05) is 43.8 Å². The van der Waals surface area contributed by atoms with Gasteiger partial charge in [0.2, 0.25) is 11.1 Å². The first-order valence-electron chi connectivity index (χ1n) is 8.14. The lowest BCUT2D eigenvalue weighted by molar-refractivity contribution is -0.113. The molecule has 2 heterocycles. The number of amides is 1. The van der Waals surface area contributed by atoms with Gasteiger partial charge in [-0.3, -0.25) is 9.89 Å². The summed E-state index contributed by atoms with van der Waals surface area (Å²) in [6.07, 6.45) is 1.10. The van der Waals surface area contributed by atoms with Crippen molar-refractivity contribution in [1.82, 2.24) is 15.2 Å². The highest BCUT2D eigenvalue weighted by Gasteiger charge is 2.10. The van der Waals surface area contributed by atoms with E-state index in [1.807, 2.05) is 29.6 Å². The van der Waals surface area contributed by atoms with E-state index in [-0.39, 0.29) is 11.7 Å². The molecule has 0 aliphatic rings. The van der Waals surface area contributed by atoms with Crippen LogP contribution in [-0.4, -0.2) is 26.8 Å². The summed E-state index contributed by atoms with van der Waals surface area (Å²) in [4.78, 5) is 17.5. The molecule has 25 heavy (non-hydrogen) atoms. The Hall–Kier alpha value is -2.12. The van der Waals surface area contributed by atoms with Crippen LogP contribution in [0.2, 0.25) is 0 Å². The van der Waals surface area contributed by atoms with E-state index in [1.54, 1.807) is 11.3 Å².